The van der Waals surface area contributed by atoms with Crippen LogP contribution in [-0.2, 0) is 0 Å². The third-order valence-electron chi connectivity index (χ3n) is 0.724. The second kappa shape index (κ2) is 1.78. The highest BCUT2D eigenvalue weighted by atomic mass is 14.9. The van der Waals surface area contributed by atoms with Crippen molar-refractivity contribution in [1.29, 1.82) is 0 Å². The molecule has 1 aromatic heterocycles. The molecule has 1 N–H and O–H groups in total. The van der Waals surface area contributed by atoms with Gasteiger partial charge in [-0.3, -0.25) is 5.73 Å². The lowest BCUT2D eigenvalue weighted by molar-refractivity contribution is 1.11. The van der Waals surface area contributed by atoms with E-state index in [2.05, 4.69) is 16.9 Å². The molecule has 0 bridgehead atoms. The molecule has 0 unspecified atom stereocenters. The van der Waals surface area contributed by atoms with Crippen molar-refractivity contribution in [3.63, 3.8) is 0 Å². The first-order valence-corrected chi connectivity index (χ1v) is 2.14. The maximum absolute atomic E-state index is 6.94. The molecule has 3 heteroatoms. The van der Waals surface area contributed by atoms with Gasteiger partial charge in [0.2, 0.25) is 0 Å². The fraction of sp³-hybridized carbons (Fsp3) is 0. The molecule has 1 aromatic rings. The molecule has 3 nitrogen and oxygen atoms in total. The lowest BCUT2D eigenvalue weighted by Gasteiger charge is -1.87. The Kier molecular flexibility index (Phi) is 1.12. The van der Waals surface area contributed by atoms with E-state index < -0.39 is 0 Å². The maximum atomic E-state index is 6.94. The van der Waals surface area contributed by atoms with Crippen LogP contribution in [0, 0.1) is 6.92 Å². The molecule has 0 amide bonds. The van der Waals surface area contributed by atoms with Crippen LogP contribution < -0.4 is 5.73 Å². The summed E-state index contributed by atoms with van der Waals surface area (Å²) in [5.41, 5.74) is 7.53. The molecule has 0 saturated carbocycles. The zero-order valence-corrected chi connectivity index (χ0v) is 4.26. The average Bonchev–Trinajstić information content (AvgIpc) is 1.64. The number of hydrogen-bond acceptors (Lipinski definition) is 2. The zero-order chi connectivity index (χ0) is 5.98. The lowest BCUT2D eigenvalue weighted by Crippen LogP contribution is -1.82. The summed E-state index contributed by atoms with van der Waals surface area (Å²) < 4.78 is 0. The van der Waals surface area contributed by atoms with Crippen LogP contribution in [0.3, 0.4) is 0 Å². The van der Waals surface area contributed by atoms with Gasteiger partial charge in [0.05, 0.1) is 0 Å². The summed E-state index contributed by atoms with van der Waals surface area (Å²) in [6.45, 7) is 3.51. The molecule has 8 heavy (non-hydrogen) atoms. The minimum Gasteiger partial charge on any atom is -0.283 e. The van der Waals surface area contributed by atoms with Crippen LogP contribution in [0.2, 0.25) is 0 Å². The van der Waals surface area contributed by atoms with Crippen LogP contribution in [0.15, 0.2) is 12.4 Å². The molecular weight excluding hydrogens is 102 g/mol. The van der Waals surface area contributed by atoms with Crippen molar-refractivity contribution in [2.45, 2.75) is 0 Å². The molecule has 0 fully saturated rings. The van der Waals surface area contributed by atoms with Crippen molar-refractivity contribution in [3.05, 3.63) is 25.0 Å². The summed E-state index contributed by atoms with van der Waals surface area (Å²) in [5, 5.41) is 0. The van der Waals surface area contributed by atoms with E-state index in [0.29, 0.717) is 5.69 Å². The molecule has 1 rings (SSSR count). The van der Waals surface area contributed by atoms with E-state index >= 15 is 0 Å². The van der Waals surface area contributed by atoms with Crippen molar-refractivity contribution >= 4 is 5.82 Å². The number of nitrogens with zero attached hydrogens (tertiary/aromatic N) is 2. The van der Waals surface area contributed by atoms with Gasteiger partial charge in [-0.1, -0.05) is 0 Å². The topological polar surface area (TPSA) is 49.6 Å². The molecule has 0 aliphatic carbocycles. The van der Waals surface area contributed by atoms with E-state index in [-0.39, 0.29) is 5.82 Å². The first kappa shape index (κ1) is 5.03. The van der Waals surface area contributed by atoms with Crippen LogP contribution in [0.25, 0.3) is 0 Å². The predicted octanol–water partition coefficient (Wildman–Crippen LogP) is 0.573. The van der Waals surface area contributed by atoms with Crippen molar-refractivity contribution in [2.24, 2.45) is 0 Å². The summed E-state index contributed by atoms with van der Waals surface area (Å²) in [7, 11) is 0. The normalized spacial score (nSPS) is 9.12. The van der Waals surface area contributed by atoms with E-state index in [0.717, 1.165) is 0 Å². The monoisotopic (exact) mass is 107 g/mol. The summed E-state index contributed by atoms with van der Waals surface area (Å²) >= 11 is 0. The van der Waals surface area contributed by atoms with Gasteiger partial charge in [-0.25, -0.2) is 9.97 Å². The van der Waals surface area contributed by atoms with E-state index in [1.54, 1.807) is 0 Å². The Morgan fingerprint density at radius 2 is 2.25 bits per heavy atom. The summed E-state index contributed by atoms with van der Waals surface area (Å²) in [5.74, 6) is 0.213. The largest absolute Gasteiger partial charge is 0.283 e. The van der Waals surface area contributed by atoms with Crippen molar-refractivity contribution in [3.8, 4) is 0 Å². The Morgan fingerprint density at radius 3 is 2.62 bits per heavy atom. The van der Waals surface area contributed by atoms with Gasteiger partial charge < -0.3 is 0 Å². The predicted molar refractivity (Wildman–Crippen MR) is 29.2 cm³/mol. The first-order valence-electron chi connectivity index (χ1n) is 2.14. The van der Waals surface area contributed by atoms with Gasteiger partial charge >= 0.3 is 0 Å². The van der Waals surface area contributed by atoms with Crippen molar-refractivity contribution in [1.82, 2.24) is 15.7 Å². The Bertz CT molecular complexity index is 168. The molecule has 1 heterocycles. The summed E-state index contributed by atoms with van der Waals surface area (Å²) in [6.07, 6.45) is 1.32. The smallest absolute Gasteiger partial charge is 0.148 e. The van der Waals surface area contributed by atoms with Gasteiger partial charge in [0.15, 0.2) is 0 Å². The number of nitrogens with one attached hydrogen (secondary N) is 1. The third-order valence-corrected chi connectivity index (χ3v) is 0.724. The number of hydrogen-bond donors (Lipinski definition) is 0. The van der Waals surface area contributed by atoms with E-state index in [9.17, 15) is 0 Å². The fourth-order valence-corrected chi connectivity index (χ4v) is 0.398. The molecule has 0 aromatic carbocycles. The van der Waals surface area contributed by atoms with Gasteiger partial charge in [-0.2, -0.15) is 0 Å². The number of rotatable bonds is 0. The first-order chi connectivity index (χ1) is 3.79. The Morgan fingerprint density at radius 1 is 1.50 bits per heavy atom. The van der Waals surface area contributed by atoms with E-state index in [1.165, 1.54) is 12.4 Å². The maximum Gasteiger partial charge on any atom is 0.148 e. The van der Waals surface area contributed by atoms with Gasteiger partial charge in [-0.15, -0.1) is 0 Å². The van der Waals surface area contributed by atoms with Gasteiger partial charge in [-0.05, 0) is 6.92 Å². The van der Waals surface area contributed by atoms with E-state index in [4.69, 9.17) is 5.73 Å². The minimum absolute atomic E-state index is 0.213. The Balaban J connectivity index is 3.08. The zero-order valence-electron chi connectivity index (χ0n) is 4.26. The standard InChI is InChI=1S/C5H5N3/c1-4-2-5(6)8-3-7-4/h2-3,6H,1H2. The highest BCUT2D eigenvalue weighted by molar-refractivity contribution is 5.24. The SMILES string of the molecule is [CH2]c1cc([NH])ncn1. The second-order valence-electron chi connectivity index (χ2n) is 1.39. The molecule has 0 aliphatic rings. The minimum atomic E-state index is 0.213. The van der Waals surface area contributed by atoms with Gasteiger partial charge in [0.1, 0.15) is 12.1 Å². The van der Waals surface area contributed by atoms with E-state index in [1.807, 2.05) is 0 Å². The van der Waals surface area contributed by atoms with Crippen LogP contribution in [0.1, 0.15) is 5.69 Å². The second-order valence-corrected chi connectivity index (χ2v) is 1.39. The average molecular weight is 107 g/mol. The van der Waals surface area contributed by atoms with Crippen LogP contribution in [0.5, 0.6) is 0 Å². The van der Waals surface area contributed by atoms with Crippen LogP contribution in [-0.4, -0.2) is 9.97 Å². The molecule has 0 aliphatic heterocycles. The van der Waals surface area contributed by atoms with Crippen LogP contribution in [0.4, 0.5) is 5.82 Å². The van der Waals surface area contributed by atoms with Crippen molar-refractivity contribution < 1.29 is 0 Å². The molecule has 0 spiro atoms. The van der Waals surface area contributed by atoms with Crippen LogP contribution >= 0.6 is 0 Å². The highest BCUT2D eigenvalue weighted by Gasteiger charge is 1.85. The third kappa shape index (κ3) is 0.932. The lowest BCUT2D eigenvalue weighted by atomic mass is 10.4. The number of aromatic nitrogens is 2. The molecular formula is C5H5N3. The van der Waals surface area contributed by atoms with Crippen molar-refractivity contribution in [2.75, 3.05) is 0 Å². The Labute approximate surface area is 47.6 Å². The fourth-order valence-electron chi connectivity index (χ4n) is 0.398. The van der Waals surface area contributed by atoms with Gasteiger partial charge in [0.25, 0.3) is 0 Å². The molecule has 2 radical (unpaired) electrons. The molecule has 0 atom stereocenters. The molecule has 0 saturated heterocycles. The Hall–Kier alpha value is -1.12. The summed E-state index contributed by atoms with van der Waals surface area (Å²) in [6, 6.07) is 1.50. The highest BCUT2D eigenvalue weighted by Crippen LogP contribution is 1.96. The summed E-state index contributed by atoms with van der Waals surface area (Å²) in [4.78, 5) is 7.25. The quantitative estimate of drug-likeness (QED) is 0.486. The van der Waals surface area contributed by atoms with Gasteiger partial charge in [0, 0.05) is 11.8 Å². The molecule has 40 valence electrons.